The molecule has 0 aliphatic heterocycles. The van der Waals surface area contributed by atoms with E-state index < -0.39 is 5.78 Å². The summed E-state index contributed by atoms with van der Waals surface area (Å²) in [6.45, 7) is 4.25. The van der Waals surface area contributed by atoms with Crippen LogP contribution < -0.4 is 4.74 Å². The van der Waals surface area contributed by atoms with E-state index in [1.807, 2.05) is 24.5 Å². The number of rotatable bonds is 5. The summed E-state index contributed by atoms with van der Waals surface area (Å²) < 4.78 is 7.95. The van der Waals surface area contributed by atoms with Crippen molar-refractivity contribution in [2.75, 3.05) is 7.11 Å². The van der Waals surface area contributed by atoms with Crippen molar-refractivity contribution in [3.05, 3.63) is 44.5 Å². The van der Waals surface area contributed by atoms with Gasteiger partial charge in [0, 0.05) is 16.6 Å². The third kappa shape index (κ3) is 2.72. The average molecular weight is 363 g/mol. The first-order chi connectivity index (χ1) is 11.5. The molecule has 0 amide bonds. The van der Waals surface area contributed by atoms with Gasteiger partial charge < -0.3 is 9.30 Å². The number of hydrogen-bond acceptors (Lipinski definition) is 5. The first-order valence-corrected chi connectivity index (χ1v) is 8.42. The Morgan fingerprint density at radius 1 is 1.42 bits per heavy atom. The number of thiazole rings is 1. The minimum atomic E-state index is -0.542. The van der Waals surface area contributed by atoms with Crippen LogP contribution in [0.25, 0.3) is 10.9 Å². The molecule has 3 rings (SSSR count). The van der Waals surface area contributed by atoms with Crippen molar-refractivity contribution >= 4 is 45.9 Å². The first-order valence-electron chi connectivity index (χ1n) is 7.23. The van der Waals surface area contributed by atoms with Gasteiger partial charge in [0.1, 0.15) is 15.1 Å². The molecule has 0 spiro atoms. The van der Waals surface area contributed by atoms with Crippen molar-refractivity contribution in [1.82, 2.24) is 9.55 Å². The molecule has 2 aromatic heterocycles. The summed E-state index contributed by atoms with van der Waals surface area (Å²) in [7, 11) is 1.58. The fourth-order valence-electron chi connectivity index (χ4n) is 2.90. The van der Waals surface area contributed by atoms with E-state index >= 15 is 0 Å². The maximum absolute atomic E-state index is 12.1. The van der Waals surface area contributed by atoms with Gasteiger partial charge in [0.05, 0.1) is 25.4 Å². The summed E-state index contributed by atoms with van der Waals surface area (Å²) in [5.41, 5.74) is 2.94. The summed E-state index contributed by atoms with van der Waals surface area (Å²) in [5.74, 6) is 0.135. The Hall–Kier alpha value is -2.18. The fourth-order valence-corrected chi connectivity index (χ4v) is 3.84. The first kappa shape index (κ1) is 16.7. The number of aromatic nitrogens is 2. The molecule has 0 bridgehead atoms. The van der Waals surface area contributed by atoms with E-state index in [4.69, 9.17) is 16.3 Å². The number of carbonyl (C=O) groups is 2. The Morgan fingerprint density at radius 2 is 2.17 bits per heavy atom. The van der Waals surface area contributed by atoms with Gasteiger partial charge in [-0.15, -0.1) is 11.3 Å². The molecular formula is C17H15ClN2O3S. The molecule has 0 radical (unpaired) electrons. The van der Waals surface area contributed by atoms with Gasteiger partial charge in [0.15, 0.2) is 6.29 Å². The second kappa shape index (κ2) is 6.37. The van der Waals surface area contributed by atoms with Gasteiger partial charge in [-0.2, -0.15) is 0 Å². The van der Waals surface area contributed by atoms with Gasteiger partial charge in [-0.3, -0.25) is 9.59 Å². The summed E-state index contributed by atoms with van der Waals surface area (Å²) >= 11 is 7.35. The van der Waals surface area contributed by atoms with Crippen LogP contribution in [0.15, 0.2) is 18.3 Å². The highest BCUT2D eigenvalue weighted by atomic mass is 35.5. The molecular weight excluding hydrogens is 348 g/mol. The molecule has 0 N–H and O–H groups in total. The molecule has 0 atom stereocenters. The number of benzene rings is 1. The quantitative estimate of drug-likeness (QED) is 0.393. The van der Waals surface area contributed by atoms with Crippen LogP contribution in [0.1, 0.15) is 26.6 Å². The van der Waals surface area contributed by atoms with Crippen LogP contribution >= 0.6 is 22.9 Å². The Balaban J connectivity index is 2.27. The van der Waals surface area contributed by atoms with Gasteiger partial charge in [0.25, 0.3) is 0 Å². The maximum atomic E-state index is 12.1. The highest BCUT2D eigenvalue weighted by Gasteiger charge is 2.21. The van der Waals surface area contributed by atoms with Gasteiger partial charge in [-0.05, 0) is 31.5 Å². The van der Waals surface area contributed by atoms with E-state index in [0.29, 0.717) is 33.9 Å². The predicted octanol–water partition coefficient (Wildman–Crippen LogP) is 3.81. The number of ketones is 1. The smallest absolute Gasteiger partial charge is 0.227 e. The molecule has 0 unspecified atom stereocenters. The van der Waals surface area contributed by atoms with E-state index in [9.17, 15) is 9.59 Å². The summed E-state index contributed by atoms with van der Waals surface area (Å²) in [6.07, 6.45) is 1.95. The van der Waals surface area contributed by atoms with E-state index in [1.54, 1.807) is 19.4 Å². The zero-order valence-electron chi connectivity index (χ0n) is 13.4. The monoisotopic (exact) mass is 362 g/mol. The molecule has 24 heavy (non-hydrogen) atoms. The van der Waals surface area contributed by atoms with Gasteiger partial charge >= 0.3 is 0 Å². The van der Waals surface area contributed by atoms with E-state index in [2.05, 4.69) is 4.98 Å². The van der Waals surface area contributed by atoms with Crippen molar-refractivity contribution in [1.29, 1.82) is 0 Å². The van der Waals surface area contributed by atoms with Crippen LogP contribution in [0.3, 0.4) is 0 Å². The van der Waals surface area contributed by atoms with Crippen molar-refractivity contribution in [2.45, 2.75) is 20.4 Å². The second-order valence-corrected chi connectivity index (χ2v) is 7.17. The van der Waals surface area contributed by atoms with E-state index in [-0.39, 0.29) is 0 Å². The Kier molecular flexibility index (Phi) is 4.43. The van der Waals surface area contributed by atoms with Crippen molar-refractivity contribution in [2.24, 2.45) is 0 Å². The minimum Gasteiger partial charge on any atom is -0.496 e. The van der Waals surface area contributed by atoms with Crippen LogP contribution in [-0.2, 0) is 11.3 Å². The third-order valence-electron chi connectivity index (χ3n) is 4.01. The normalized spacial score (nSPS) is 11.0. The molecule has 7 heteroatoms. The largest absolute Gasteiger partial charge is 0.496 e. The van der Waals surface area contributed by atoms with Crippen molar-refractivity contribution in [3.8, 4) is 5.75 Å². The zero-order valence-corrected chi connectivity index (χ0v) is 15.0. The highest BCUT2D eigenvalue weighted by molar-refractivity contribution is 7.15. The number of fused-ring (bicyclic) bond motifs is 1. The standard InChI is InChI=1S/C17H15ClN2O3S/c1-9-4-12-11(5-14(9)23-3)17(13(22)8-21)10(2)20(12)7-16-19-6-15(18)24-16/h4-6,8H,7H2,1-3H3. The maximum Gasteiger partial charge on any atom is 0.227 e. The Bertz CT molecular complexity index is 959. The summed E-state index contributed by atoms with van der Waals surface area (Å²) in [6, 6.07) is 3.76. The number of carbonyl (C=O) groups excluding carboxylic acids is 2. The molecule has 5 nitrogen and oxygen atoms in total. The molecule has 0 fully saturated rings. The summed E-state index contributed by atoms with van der Waals surface area (Å²) in [4.78, 5) is 27.5. The SMILES string of the molecule is COc1cc2c(C(=O)C=O)c(C)n(Cc3ncc(Cl)s3)c2cc1C. The Labute approximate surface area is 147 Å². The molecule has 124 valence electrons. The lowest BCUT2D eigenvalue weighted by molar-refractivity contribution is -0.104. The average Bonchev–Trinajstić information content (AvgIpc) is 3.08. The van der Waals surface area contributed by atoms with Crippen LogP contribution in [-0.4, -0.2) is 28.7 Å². The van der Waals surface area contributed by atoms with Gasteiger partial charge in [-0.25, -0.2) is 4.98 Å². The number of aldehydes is 1. The number of aryl methyl sites for hydroxylation is 1. The minimum absolute atomic E-state index is 0.346. The topological polar surface area (TPSA) is 61.2 Å². The lowest BCUT2D eigenvalue weighted by atomic mass is 10.1. The second-order valence-electron chi connectivity index (χ2n) is 5.43. The molecule has 0 aliphatic carbocycles. The molecule has 2 heterocycles. The number of methoxy groups -OCH3 is 1. The lowest BCUT2D eigenvalue weighted by Crippen LogP contribution is -2.05. The Morgan fingerprint density at radius 3 is 2.75 bits per heavy atom. The molecule has 0 saturated heterocycles. The van der Waals surface area contributed by atoms with Crippen LogP contribution in [0.5, 0.6) is 5.75 Å². The number of ether oxygens (including phenoxy) is 1. The zero-order chi connectivity index (χ0) is 17.4. The van der Waals surface area contributed by atoms with Crippen LogP contribution in [0, 0.1) is 13.8 Å². The van der Waals surface area contributed by atoms with E-state index in [0.717, 1.165) is 21.8 Å². The number of halogens is 1. The molecule has 0 aliphatic rings. The molecule has 3 aromatic rings. The lowest BCUT2D eigenvalue weighted by Gasteiger charge is -2.08. The fraction of sp³-hybridized carbons (Fsp3) is 0.235. The van der Waals surface area contributed by atoms with Gasteiger partial charge in [0.2, 0.25) is 5.78 Å². The summed E-state index contributed by atoms with van der Waals surface area (Å²) in [5, 5.41) is 1.54. The number of nitrogens with zero attached hydrogens (tertiary/aromatic N) is 2. The number of Topliss-reactive ketones (excluding diaryl/α,β-unsaturated/α-hetero) is 1. The van der Waals surface area contributed by atoms with E-state index in [1.165, 1.54) is 11.3 Å². The molecule has 0 saturated carbocycles. The third-order valence-corrected chi connectivity index (χ3v) is 5.11. The highest BCUT2D eigenvalue weighted by Crippen LogP contribution is 2.33. The van der Waals surface area contributed by atoms with Gasteiger partial charge in [-0.1, -0.05) is 11.6 Å². The number of hydrogen-bond donors (Lipinski definition) is 0. The van der Waals surface area contributed by atoms with Crippen LogP contribution in [0.2, 0.25) is 4.34 Å². The van der Waals surface area contributed by atoms with Crippen molar-refractivity contribution in [3.63, 3.8) is 0 Å². The van der Waals surface area contributed by atoms with Crippen LogP contribution in [0.4, 0.5) is 0 Å². The predicted molar refractivity (Wildman–Crippen MR) is 94.6 cm³/mol. The van der Waals surface area contributed by atoms with Crippen molar-refractivity contribution < 1.29 is 14.3 Å². The molecule has 1 aromatic carbocycles.